The predicted octanol–water partition coefficient (Wildman–Crippen LogP) is 3.58. The lowest BCUT2D eigenvalue weighted by Crippen LogP contribution is -2.29. The highest BCUT2D eigenvalue weighted by atomic mass is 32.2. The van der Waals surface area contributed by atoms with E-state index in [1.54, 1.807) is 18.3 Å². The smallest absolute Gasteiger partial charge is 0.229 e. The van der Waals surface area contributed by atoms with Gasteiger partial charge in [-0.2, -0.15) is 0 Å². The number of ether oxygens (including phenoxy) is 1. The molecule has 0 amide bonds. The van der Waals surface area contributed by atoms with Crippen LogP contribution < -0.4 is 19.7 Å². The van der Waals surface area contributed by atoms with Gasteiger partial charge in [-0.3, -0.25) is 9.71 Å². The van der Waals surface area contributed by atoms with Crippen LogP contribution in [0.25, 0.3) is 0 Å². The molecule has 2 aromatic heterocycles. The van der Waals surface area contributed by atoms with Crippen molar-refractivity contribution >= 4 is 38.7 Å². The summed E-state index contributed by atoms with van der Waals surface area (Å²) in [6, 6.07) is 12.9. The second-order valence-corrected chi connectivity index (χ2v) is 9.92. The molecule has 3 aromatic rings. The van der Waals surface area contributed by atoms with Crippen molar-refractivity contribution in [3.63, 3.8) is 0 Å². The topological polar surface area (TPSA) is 99.3 Å². The third-order valence-electron chi connectivity index (χ3n) is 5.37. The van der Waals surface area contributed by atoms with Crippen LogP contribution in [-0.4, -0.2) is 36.9 Å². The number of nitrogens with zero attached hydrogens (tertiary/aromatic N) is 2. The Balaban J connectivity index is 1.83. The maximum atomic E-state index is 11.7. The molecule has 1 fully saturated rings. The molecule has 4 rings (SSSR count). The molecule has 1 aliphatic heterocycles. The van der Waals surface area contributed by atoms with Crippen LogP contribution in [0.15, 0.2) is 48.7 Å². The van der Waals surface area contributed by atoms with E-state index >= 15 is 0 Å². The Morgan fingerprint density at radius 3 is 2.56 bits per heavy atom. The van der Waals surface area contributed by atoms with Gasteiger partial charge in [0.25, 0.3) is 0 Å². The third kappa shape index (κ3) is 4.28. The monoisotopic (exact) mass is 471 g/mol. The molecule has 0 unspecified atom stereocenters. The van der Waals surface area contributed by atoms with Crippen molar-refractivity contribution in [1.29, 1.82) is 0 Å². The average molecular weight is 472 g/mol. The number of aryl methyl sites for hydroxylation is 2. The number of nitrogens with one attached hydrogen (secondary N) is 3. The molecule has 2 atom stereocenters. The molecule has 1 aromatic carbocycles. The van der Waals surface area contributed by atoms with Gasteiger partial charge in [0.1, 0.15) is 5.75 Å². The van der Waals surface area contributed by atoms with Gasteiger partial charge in [-0.15, -0.1) is 0 Å². The minimum absolute atomic E-state index is 0.166. The van der Waals surface area contributed by atoms with Crippen molar-refractivity contribution in [2.45, 2.75) is 25.9 Å². The van der Waals surface area contributed by atoms with E-state index in [1.165, 1.54) is 7.11 Å². The van der Waals surface area contributed by atoms with Crippen LogP contribution in [0.3, 0.4) is 0 Å². The van der Waals surface area contributed by atoms with Gasteiger partial charge in [-0.25, -0.2) is 8.42 Å². The largest absolute Gasteiger partial charge is 0.494 e. The Bertz CT molecular complexity index is 1260. The Labute approximate surface area is 193 Å². The summed E-state index contributed by atoms with van der Waals surface area (Å²) in [4.78, 5) is 9.97. The molecule has 0 bridgehead atoms. The molecule has 0 saturated carbocycles. The van der Waals surface area contributed by atoms with E-state index in [-0.39, 0.29) is 12.1 Å². The van der Waals surface area contributed by atoms with Gasteiger partial charge < -0.3 is 19.9 Å². The van der Waals surface area contributed by atoms with Crippen molar-refractivity contribution < 1.29 is 13.2 Å². The number of rotatable bonds is 6. The Morgan fingerprint density at radius 1 is 1.19 bits per heavy atom. The molecule has 10 heteroatoms. The molecule has 1 aliphatic rings. The van der Waals surface area contributed by atoms with E-state index < -0.39 is 10.0 Å². The Morgan fingerprint density at radius 2 is 1.97 bits per heavy atom. The molecular weight excluding hydrogens is 446 g/mol. The van der Waals surface area contributed by atoms with Crippen molar-refractivity contribution in [2.75, 3.05) is 23.0 Å². The first-order chi connectivity index (χ1) is 15.2. The number of aromatic amines is 1. The van der Waals surface area contributed by atoms with Crippen LogP contribution in [0.4, 0.5) is 11.4 Å². The molecule has 0 radical (unpaired) electrons. The van der Waals surface area contributed by atoms with Crippen LogP contribution in [-0.2, 0) is 10.0 Å². The lowest BCUT2D eigenvalue weighted by molar-refractivity contribution is 0.417. The number of thiocarbonyl (C=S) groups is 1. The second kappa shape index (κ2) is 8.44. The summed E-state index contributed by atoms with van der Waals surface area (Å²) < 4.78 is 31.4. The number of hydrogen-bond acceptors (Lipinski definition) is 5. The molecule has 0 aliphatic carbocycles. The first kappa shape index (κ1) is 22.1. The van der Waals surface area contributed by atoms with Gasteiger partial charge in [0.2, 0.25) is 10.0 Å². The van der Waals surface area contributed by atoms with Gasteiger partial charge >= 0.3 is 0 Å². The van der Waals surface area contributed by atoms with Crippen molar-refractivity contribution in [1.82, 2.24) is 15.3 Å². The number of aromatic nitrogens is 2. The SMILES string of the molecule is COc1cc(N2C(=S)N[C@H](c3ccccn3)[C@H]2c2cc(C)[nH]c2C)ccc1NS(C)(=O)=O. The van der Waals surface area contributed by atoms with Gasteiger partial charge in [-0.1, -0.05) is 6.07 Å². The molecule has 3 N–H and O–H groups in total. The molecule has 168 valence electrons. The Hall–Kier alpha value is -3.11. The van der Waals surface area contributed by atoms with Crippen LogP contribution in [0, 0.1) is 13.8 Å². The minimum Gasteiger partial charge on any atom is -0.494 e. The van der Waals surface area contributed by atoms with Crippen molar-refractivity contribution in [3.05, 3.63) is 71.3 Å². The standard InChI is InChI=1S/C22H25N5O3S2/c1-13-11-16(14(2)24-13)21-20(18-7-5-6-10-23-18)25-22(31)27(21)15-8-9-17(19(12-15)30-3)26-32(4,28)29/h5-12,20-21,24,26H,1-4H3,(H,25,31)/t20-,21-/m1/s1. The van der Waals surface area contributed by atoms with E-state index in [0.717, 1.165) is 34.6 Å². The van der Waals surface area contributed by atoms with E-state index in [9.17, 15) is 8.42 Å². The first-order valence-corrected chi connectivity index (χ1v) is 12.3. The summed E-state index contributed by atoms with van der Waals surface area (Å²) in [5, 5.41) is 3.97. The van der Waals surface area contributed by atoms with Crippen molar-refractivity contribution in [2.24, 2.45) is 0 Å². The summed E-state index contributed by atoms with van der Waals surface area (Å²) in [5.41, 5.74) is 5.22. The predicted molar refractivity (Wildman–Crippen MR) is 130 cm³/mol. The normalized spacial score (nSPS) is 18.5. The minimum atomic E-state index is -3.45. The summed E-state index contributed by atoms with van der Waals surface area (Å²) in [5.74, 6) is 0.401. The number of methoxy groups -OCH3 is 1. The van der Waals surface area contributed by atoms with E-state index in [4.69, 9.17) is 17.0 Å². The second-order valence-electron chi connectivity index (χ2n) is 7.79. The fourth-order valence-corrected chi connectivity index (χ4v) is 5.03. The lowest BCUT2D eigenvalue weighted by Gasteiger charge is -2.28. The lowest BCUT2D eigenvalue weighted by atomic mass is 9.96. The molecule has 3 heterocycles. The number of hydrogen-bond donors (Lipinski definition) is 3. The van der Waals surface area contributed by atoms with Gasteiger partial charge in [0.05, 0.1) is 36.8 Å². The molecule has 1 saturated heterocycles. The van der Waals surface area contributed by atoms with Crippen LogP contribution in [0.2, 0.25) is 0 Å². The van der Waals surface area contributed by atoms with Crippen molar-refractivity contribution in [3.8, 4) is 5.75 Å². The highest BCUT2D eigenvalue weighted by Crippen LogP contribution is 2.44. The maximum absolute atomic E-state index is 11.7. The van der Waals surface area contributed by atoms with Gasteiger partial charge in [0.15, 0.2) is 5.11 Å². The Kier molecular flexibility index (Phi) is 5.83. The molecular formula is C22H25N5O3S2. The molecule has 32 heavy (non-hydrogen) atoms. The van der Waals surface area contributed by atoms with Gasteiger partial charge in [0, 0.05) is 29.3 Å². The molecule has 8 nitrogen and oxygen atoms in total. The van der Waals surface area contributed by atoms with E-state index in [1.807, 2.05) is 43.0 Å². The zero-order chi connectivity index (χ0) is 23.0. The zero-order valence-electron chi connectivity index (χ0n) is 18.2. The first-order valence-electron chi connectivity index (χ1n) is 10.0. The third-order valence-corrected chi connectivity index (χ3v) is 6.27. The zero-order valence-corrected chi connectivity index (χ0v) is 19.8. The number of pyridine rings is 1. The fraction of sp³-hybridized carbons (Fsp3) is 0.273. The van der Waals surface area contributed by atoms with Crippen LogP contribution >= 0.6 is 12.2 Å². The van der Waals surface area contributed by atoms with Crippen LogP contribution in [0.5, 0.6) is 5.75 Å². The van der Waals surface area contributed by atoms with Crippen LogP contribution in [0.1, 0.15) is 34.7 Å². The van der Waals surface area contributed by atoms with Gasteiger partial charge in [-0.05, 0) is 62.0 Å². The fourth-order valence-electron chi connectivity index (χ4n) is 4.12. The highest BCUT2D eigenvalue weighted by Gasteiger charge is 2.42. The van der Waals surface area contributed by atoms with E-state index in [0.29, 0.717) is 16.5 Å². The number of sulfonamides is 1. The summed E-state index contributed by atoms with van der Waals surface area (Å²) >= 11 is 5.75. The maximum Gasteiger partial charge on any atom is 0.229 e. The van der Waals surface area contributed by atoms with E-state index in [2.05, 4.69) is 26.1 Å². The number of benzene rings is 1. The quantitative estimate of drug-likeness (QED) is 0.473. The number of H-pyrrole nitrogens is 1. The summed E-state index contributed by atoms with van der Waals surface area (Å²) in [6.07, 6.45) is 2.87. The summed E-state index contributed by atoms with van der Waals surface area (Å²) in [6.45, 7) is 4.06. The summed E-state index contributed by atoms with van der Waals surface area (Å²) in [7, 11) is -1.95. The number of anilines is 2. The average Bonchev–Trinajstić information content (AvgIpc) is 3.25. The highest BCUT2D eigenvalue weighted by molar-refractivity contribution is 7.92. The molecule has 0 spiro atoms.